The van der Waals surface area contributed by atoms with Crippen LogP contribution in [-0.2, 0) is 4.74 Å². The molecule has 2 unspecified atom stereocenters. The van der Waals surface area contributed by atoms with E-state index in [1.54, 1.807) is 0 Å². The third kappa shape index (κ3) is 3.67. The van der Waals surface area contributed by atoms with Crippen LogP contribution in [0.25, 0.3) is 0 Å². The molecule has 1 saturated carbocycles. The van der Waals surface area contributed by atoms with Gasteiger partial charge in [-0.15, -0.1) is 11.6 Å². The Bertz CT molecular complexity index is 266. The quantitative estimate of drug-likeness (QED) is 0.546. The summed E-state index contributed by atoms with van der Waals surface area (Å²) in [6, 6.07) is 0. The lowest BCUT2D eigenvalue weighted by molar-refractivity contribution is -0.0529. The van der Waals surface area contributed by atoms with Crippen molar-refractivity contribution in [2.75, 3.05) is 5.88 Å². The SMILES string of the molecule is CCCCC(CC)(CCl)CC1CCC2(CCCC2)O1. The minimum Gasteiger partial charge on any atom is -0.372 e. The summed E-state index contributed by atoms with van der Waals surface area (Å²) in [6.45, 7) is 4.58. The first kappa shape index (κ1) is 15.6. The Morgan fingerprint density at radius 3 is 2.53 bits per heavy atom. The molecule has 112 valence electrons. The number of halogens is 1. The molecular weight excluding hydrogens is 256 g/mol. The summed E-state index contributed by atoms with van der Waals surface area (Å²) in [5, 5.41) is 0. The van der Waals surface area contributed by atoms with E-state index in [-0.39, 0.29) is 5.60 Å². The molecule has 1 aliphatic heterocycles. The normalized spacial score (nSPS) is 28.9. The summed E-state index contributed by atoms with van der Waals surface area (Å²) in [5.74, 6) is 0.802. The third-order valence-electron chi connectivity index (χ3n) is 5.61. The Morgan fingerprint density at radius 2 is 1.95 bits per heavy atom. The average molecular weight is 287 g/mol. The van der Waals surface area contributed by atoms with Gasteiger partial charge in [-0.3, -0.25) is 0 Å². The molecule has 0 aromatic heterocycles. The van der Waals surface area contributed by atoms with E-state index in [0.29, 0.717) is 11.5 Å². The van der Waals surface area contributed by atoms with Crippen LogP contribution in [0.4, 0.5) is 0 Å². The first-order valence-electron chi connectivity index (χ1n) is 8.41. The fraction of sp³-hybridized carbons (Fsp3) is 1.00. The molecule has 0 amide bonds. The van der Waals surface area contributed by atoms with Gasteiger partial charge in [-0.05, 0) is 50.4 Å². The summed E-state index contributed by atoms with van der Waals surface area (Å²) in [7, 11) is 0. The van der Waals surface area contributed by atoms with Gasteiger partial charge >= 0.3 is 0 Å². The monoisotopic (exact) mass is 286 g/mol. The fourth-order valence-corrected chi connectivity index (χ4v) is 4.53. The van der Waals surface area contributed by atoms with E-state index in [9.17, 15) is 0 Å². The van der Waals surface area contributed by atoms with E-state index < -0.39 is 0 Å². The van der Waals surface area contributed by atoms with Crippen molar-refractivity contribution in [3.63, 3.8) is 0 Å². The molecule has 0 bridgehead atoms. The first-order valence-corrected chi connectivity index (χ1v) is 8.95. The summed E-state index contributed by atoms with van der Waals surface area (Å²) >= 11 is 6.33. The molecule has 2 rings (SSSR count). The topological polar surface area (TPSA) is 9.23 Å². The Labute approximate surface area is 124 Å². The van der Waals surface area contributed by atoms with Gasteiger partial charge in [0, 0.05) is 5.88 Å². The highest BCUT2D eigenvalue weighted by Crippen LogP contribution is 2.47. The molecule has 0 N–H and O–H groups in total. The number of ether oxygens (including phenoxy) is 1. The van der Waals surface area contributed by atoms with E-state index in [1.807, 2.05) is 0 Å². The standard InChI is InChI=1S/C17H31ClO/c1-3-5-9-16(4-2,14-18)13-15-8-12-17(19-15)10-6-7-11-17/h15H,3-14H2,1-2H3. The van der Waals surface area contributed by atoms with Gasteiger partial charge in [-0.2, -0.15) is 0 Å². The van der Waals surface area contributed by atoms with Crippen LogP contribution in [0.5, 0.6) is 0 Å². The minimum atomic E-state index is 0.279. The zero-order chi connectivity index (χ0) is 13.8. The predicted molar refractivity (Wildman–Crippen MR) is 82.9 cm³/mol. The first-order chi connectivity index (χ1) is 9.17. The van der Waals surface area contributed by atoms with E-state index in [4.69, 9.17) is 16.3 Å². The van der Waals surface area contributed by atoms with Crippen LogP contribution in [0, 0.1) is 5.41 Å². The van der Waals surface area contributed by atoms with Crippen LogP contribution in [-0.4, -0.2) is 17.6 Å². The summed E-state index contributed by atoms with van der Waals surface area (Å²) in [5.41, 5.74) is 0.605. The van der Waals surface area contributed by atoms with Crippen molar-refractivity contribution in [3.8, 4) is 0 Å². The second-order valence-electron chi connectivity index (χ2n) is 6.96. The van der Waals surface area contributed by atoms with Crippen molar-refractivity contribution in [2.24, 2.45) is 5.41 Å². The molecule has 2 aliphatic rings. The fourth-order valence-electron chi connectivity index (χ4n) is 4.10. The van der Waals surface area contributed by atoms with E-state index in [0.717, 1.165) is 5.88 Å². The molecule has 2 fully saturated rings. The van der Waals surface area contributed by atoms with Crippen LogP contribution in [0.2, 0.25) is 0 Å². The number of unbranched alkanes of at least 4 members (excludes halogenated alkanes) is 1. The molecule has 1 saturated heterocycles. The van der Waals surface area contributed by atoms with Gasteiger partial charge < -0.3 is 4.74 Å². The molecule has 19 heavy (non-hydrogen) atoms. The summed E-state index contributed by atoms with van der Waals surface area (Å²) < 4.78 is 6.49. The van der Waals surface area contributed by atoms with Crippen molar-refractivity contribution in [1.29, 1.82) is 0 Å². The lowest BCUT2D eigenvalue weighted by atomic mass is 9.77. The Kier molecular flexibility index (Phi) is 5.60. The Morgan fingerprint density at radius 1 is 1.21 bits per heavy atom. The molecule has 0 aromatic carbocycles. The van der Waals surface area contributed by atoms with Crippen molar-refractivity contribution in [1.82, 2.24) is 0 Å². The lowest BCUT2D eigenvalue weighted by Crippen LogP contribution is -2.31. The maximum Gasteiger partial charge on any atom is 0.0687 e. The van der Waals surface area contributed by atoms with Crippen LogP contribution < -0.4 is 0 Å². The van der Waals surface area contributed by atoms with Gasteiger partial charge in [0.1, 0.15) is 0 Å². The number of hydrogen-bond donors (Lipinski definition) is 0. The second-order valence-corrected chi connectivity index (χ2v) is 7.23. The molecule has 1 spiro atoms. The Balaban J connectivity index is 1.90. The number of hydrogen-bond acceptors (Lipinski definition) is 1. The Hall–Kier alpha value is 0.250. The molecular formula is C17H31ClO. The smallest absolute Gasteiger partial charge is 0.0687 e. The average Bonchev–Trinajstić information content (AvgIpc) is 3.05. The minimum absolute atomic E-state index is 0.279. The largest absolute Gasteiger partial charge is 0.372 e. The third-order valence-corrected chi connectivity index (χ3v) is 6.18. The zero-order valence-electron chi connectivity index (χ0n) is 12.8. The molecule has 0 radical (unpaired) electrons. The van der Waals surface area contributed by atoms with Gasteiger partial charge in [0.05, 0.1) is 11.7 Å². The van der Waals surface area contributed by atoms with Crippen LogP contribution in [0.15, 0.2) is 0 Å². The van der Waals surface area contributed by atoms with Crippen LogP contribution in [0.3, 0.4) is 0 Å². The molecule has 2 atom stereocenters. The molecule has 1 heterocycles. The summed E-state index contributed by atoms with van der Waals surface area (Å²) in [4.78, 5) is 0. The highest BCUT2D eigenvalue weighted by atomic mass is 35.5. The highest BCUT2D eigenvalue weighted by Gasteiger charge is 2.44. The van der Waals surface area contributed by atoms with Crippen molar-refractivity contribution >= 4 is 11.6 Å². The zero-order valence-corrected chi connectivity index (χ0v) is 13.6. The predicted octanol–water partition coefficient (Wildman–Crippen LogP) is 5.69. The highest BCUT2D eigenvalue weighted by molar-refractivity contribution is 6.18. The maximum absolute atomic E-state index is 6.49. The van der Waals surface area contributed by atoms with Crippen molar-refractivity contribution in [3.05, 3.63) is 0 Å². The van der Waals surface area contributed by atoms with Gasteiger partial charge in [-0.25, -0.2) is 0 Å². The molecule has 2 heteroatoms. The van der Waals surface area contributed by atoms with Crippen LogP contribution >= 0.6 is 11.6 Å². The number of alkyl halides is 1. The second kappa shape index (κ2) is 6.80. The molecule has 1 aliphatic carbocycles. The van der Waals surface area contributed by atoms with Crippen molar-refractivity contribution < 1.29 is 4.74 Å². The number of rotatable bonds is 7. The van der Waals surface area contributed by atoms with Gasteiger partial charge in [-0.1, -0.05) is 39.5 Å². The van der Waals surface area contributed by atoms with E-state index >= 15 is 0 Å². The molecule has 1 nitrogen and oxygen atoms in total. The van der Waals surface area contributed by atoms with Crippen molar-refractivity contribution in [2.45, 2.75) is 96.2 Å². The maximum atomic E-state index is 6.49. The van der Waals surface area contributed by atoms with E-state index in [1.165, 1.54) is 70.6 Å². The summed E-state index contributed by atoms with van der Waals surface area (Å²) in [6.07, 6.45) is 14.6. The van der Waals surface area contributed by atoms with Gasteiger partial charge in [0.2, 0.25) is 0 Å². The lowest BCUT2D eigenvalue weighted by Gasteiger charge is -2.34. The molecule has 0 aromatic rings. The van der Waals surface area contributed by atoms with Gasteiger partial charge in [0.15, 0.2) is 0 Å². The van der Waals surface area contributed by atoms with E-state index in [2.05, 4.69) is 13.8 Å². The van der Waals surface area contributed by atoms with Gasteiger partial charge in [0.25, 0.3) is 0 Å². The van der Waals surface area contributed by atoms with Crippen LogP contribution in [0.1, 0.15) is 84.5 Å².